The van der Waals surface area contributed by atoms with Crippen LogP contribution in [0, 0.1) is 5.82 Å². The fourth-order valence-corrected chi connectivity index (χ4v) is 2.12. The zero-order valence-corrected chi connectivity index (χ0v) is 12.1. The number of halogens is 2. The van der Waals surface area contributed by atoms with Crippen molar-refractivity contribution in [2.45, 2.75) is 32.3 Å². The summed E-state index contributed by atoms with van der Waals surface area (Å²) >= 11 is 3.03. The van der Waals surface area contributed by atoms with Crippen molar-refractivity contribution in [2.75, 3.05) is 6.54 Å². The molecule has 0 aromatic heterocycles. The van der Waals surface area contributed by atoms with Crippen molar-refractivity contribution in [3.8, 4) is 0 Å². The van der Waals surface area contributed by atoms with Crippen LogP contribution >= 0.6 is 15.9 Å². The van der Waals surface area contributed by atoms with Crippen molar-refractivity contribution < 1.29 is 14.3 Å². The molecule has 0 fully saturated rings. The van der Waals surface area contributed by atoms with E-state index in [0.29, 0.717) is 6.42 Å². The molecule has 0 aliphatic rings. The van der Waals surface area contributed by atoms with Gasteiger partial charge in [0, 0.05) is 6.54 Å². The Labute approximate surface area is 115 Å². The fraction of sp³-hybridized carbons (Fsp3) is 0.462. The maximum atomic E-state index is 13.3. The third-order valence-electron chi connectivity index (χ3n) is 2.61. The number of aliphatic hydroxyl groups is 1. The van der Waals surface area contributed by atoms with Crippen LogP contribution in [0.2, 0.25) is 0 Å². The molecular formula is C13H17BrFNO2. The number of nitrogens with one attached hydrogen (secondary N) is 1. The summed E-state index contributed by atoms with van der Waals surface area (Å²) in [4.78, 5) is 11.8. The van der Waals surface area contributed by atoms with Crippen LogP contribution in [-0.4, -0.2) is 23.2 Å². The van der Waals surface area contributed by atoms with Crippen molar-refractivity contribution in [2.24, 2.45) is 0 Å². The molecule has 0 spiro atoms. The maximum Gasteiger partial charge on any atom is 0.252 e. The first-order valence-corrected chi connectivity index (χ1v) is 6.61. The Morgan fingerprint density at radius 1 is 1.56 bits per heavy atom. The first-order chi connectivity index (χ1) is 8.37. The van der Waals surface area contributed by atoms with Crippen LogP contribution in [0.1, 0.15) is 37.0 Å². The lowest BCUT2D eigenvalue weighted by atomic mass is 10.0. The highest BCUT2D eigenvalue weighted by Crippen LogP contribution is 2.20. The molecule has 0 heterocycles. The molecule has 0 aliphatic heterocycles. The molecule has 2 N–H and O–H groups in total. The Kier molecular flexibility index (Phi) is 5.28. The van der Waals surface area contributed by atoms with Crippen LogP contribution in [0.5, 0.6) is 0 Å². The second-order valence-corrected chi connectivity index (χ2v) is 5.32. The third kappa shape index (κ3) is 4.07. The molecule has 0 saturated heterocycles. The minimum Gasteiger partial charge on any atom is -0.388 e. The fourth-order valence-electron chi connectivity index (χ4n) is 1.67. The Morgan fingerprint density at radius 3 is 2.83 bits per heavy atom. The molecule has 100 valence electrons. The highest BCUT2D eigenvalue weighted by atomic mass is 79.9. The minimum atomic E-state index is -0.940. The topological polar surface area (TPSA) is 49.3 Å². The Hall–Kier alpha value is -0.940. The van der Waals surface area contributed by atoms with E-state index in [1.807, 2.05) is 6.92 Å². The first kappa shape index (κ1) is 15.1. The molecule has 1 aromatic carbocycles. The van der Waals surface area contributed by atoms with Gasteiger partial charge < -0.3 is 10.4 Å². The molecule has 0 bridgehead atoms. The number of carbonyl (C=O) groups excluding carboxylic acids is 1. The van der Waals surface area contributed by atoms with Crippen LogP contribution < -0.4 is 5.32 Å². The zero-order chi connectivity index (χ0) is 13.8. The van der Waals surface area contributed by atoms with Gasteiger partial charge in [-0.15, -0.1) is 0 Å². The summed E-state index contributed by atoms with van der Waals surface area (Å²) in [6.07, 6.45) is 1.42. The minimum absolute atomic E-state index is 0.137. The number of carbonyl (C=O) groups is 1. The van der Waals surface area contributed by atoms with Crippen LogP contribution in [0.15, 0.2) is 22.7 Å². The van der Waals surface area contributed by atoms with Gasteiger partial charge in [-0.1, -0.05) is 19.4 Å². The van der Waals surface area contributed by atoms with E-state index in [0.717, 1.165) is 6.42 Å². The summed E-state index contributed by atoms with van der Waals surface area (Å²) in [6.45, 7) is 3.76. The number of hydrogen-bond donors (Lipinski definition) is 2. The van der Waals surface area contributed by atoms with Gasteiger partial charge in [0.05, 0.1) is 15.6 Å². The first-order valence-electron chi connectivity index (χ1n) is 5.82. The van der Waals surface area contributed by atoms with Crippen LogP contribution in [0.4, 0.5) is 4.39 Å². The number of rotatable bonds is 5. The standard InChI is InChI=1S/C13H17BrFNO2/c1-3-7-13(2,18)8-16-12(17)9-5-4-6-10(15)11(9)14/h4-6,18H,3,7-8H2,1-2H3,(H,16,17). The Morgan fingerprint density at radius 2 is 2.22 bits per heavy atom. The quantitative estimate of drug-likeness (QED) is 0.877. The smallest absolute Gasteiger partial charge is 0.252 e. The normalized spacial score (nSPS) is 14.1. The van der Waals surface area contributed by atoms with Crippen LogP contribution in [0.25, 0.3) is 0 Å². The lowest BCUT2D eigenvalue weighted by Crippen LogP contribution is -2.40. The lowest BCUT2D eigenvalue weighted by Gasteiger charge is -2.23. The summed E-state index contributed by atoms with van der Waals surface area (Å²) in [7, 11) is 0. The maximum absolute atomic E-state index is 13.3. The van der Waals surface area contributed by atoms with Gasteiger partial charge in [-0.3, -0.25) is 4.79 Å². The molecule has 0 saturated carbocycles. The van der Waals surface area contributed by atoms with Crippen LogP contribution in [0.3, 0.4) is 0 Å². The summed E-state index contributed by atoms with van der Waals surface area (Å²) in [5, 5.41) is 12.5. The van der Waals surface area contributed by atoms with E-state index in [9.17, 15) is 14.3 Å². The van der Waals surface area contributed by atoms with E-state index in [4.69, 9.17) is 0 Å². The third-order valence-corrected chi connectivity index (χ3v) is 3.42. The predicted octanol–water partition coefficient (Wildman–Crippen LogP) is 2.87. The van der Waals surface area contributed by atoms with Crippen LogP contribution in [-0.2, 0) is 0 Å². The summed E-state index contributed by atoms with van der Waals surface area (Å²) in [5.74, 6) is -0.888. The summed E-state index contributed by atoms with van der Waals surface area (Å²) in [5.41, 5.74) is -0.716. The molecule has 1 rings (SSSR count). The average Bonchev–Trinajstić information content (AvgIpc) is 2.30. The van der Waals surface area contributed by atoms with Gasteiger partial charge in [0.1, 0.15) is 5.82 Å². The molecule has 1 atom stereocenters. The van der Waals surface area contributed by atoms with Crippen molar-refractivity contribution in [1.82, 2.24) is 5.32 Å². The predicted molar refractivity (Wildman–Crippen MR) is 72.0 cm³/mol. The van der Waals surface area contributed by atoms with Gasteiger partial charge in [0.15, 0.2) is 0 Å². The van der Waals surface area contributed by atoms with E-state index in [1.54, 1.807) is 6.92 Å². The monoisotopic (exact) mass is 317 g/mol. The van der Waals surface area contributed by atoms with E-state index < -0.39 is 17.3 Å². The highest BCUT2D eigenvalue weighted by Gasteiger charge is 2.21. The largest absolute Gasteiger partial charge is 0.388 e. The number of amides is 1. The molecule has 1 aromatic rings. The van der Waals surface area contributed by atoms with Gasteiger partial charge in [0.2, 0.25) is 0 Å². The van der Waals surface area contributed by atoms with E-state index in [-0.39, 0.29) is 16.6 Å². The highest BCUT2D eigenvalue weighted by molar-refractivity contribution is 9.10. The SMILES string of the molecule is CCCC(C)(O)CNC(=O)c1cccc(F)c1Br. The molecule has 0 radical (unpaired) electrons. The molecule has 1 amide bonds. The summed E-state index contributed by atoms with van der Waals surface area (Å²) < 4.78 is 13.4. The Balaban J connectivity index is 2.69. The zero-order valence-electron chi connectivity index (χ0n) is 10.5. The van der Waals surface area contributed by atoms with Crippen molar-refractivity contribution in [3.05, 3.63) is 34.1 Å². The average molecular weight is 318 g/mol. The lowest BCUT2D eigenvalue weighted by molar-refractivity contribution is 0.0469. The van der Waals surface area contributed by atoms with Gasteiger partial charge >= 0.3 is 0 Å². The molecule has 18 heavy (non-hydrogen) atoms. The second kappa shape index (κ2) is 6.29. The van der Waals surface area contributed by atoms with E-state index in [1.165, 1.54) is 18.2 Å². The van der Waals surface area contributed by atoms with Crippen molar-refractivity contribution in [1.29, 1.82) is 0 Å². The van der Waals surface area contributed by atoms with E-state index >= 15 is 0 Å². The Bertz CT molecular complexity index is 435. The van der Waals surface area contributed by atoms with Crippen molar-refractivity contribution in [3.63, 3.8) is 0 Å². The van der Waals surface area contributed by atoms with Gasteiger partial charge in [0.25, 0.3) is 5.91 Å². The molecule has 0 aliphatic carbocycles. The molecular weight excluding hydrogens is 301 g/mol. The van der Waals surface area contributed by atoms with Gasteiger partial charge in [-0.25, -0.2) is 4.39 Å². The number of benzene rings is 1. The molecule has 1 unspecified atom stereocenters. The summed E-state index contributed by atoms with van der Waals surface area (Å²) in [6, 6.07) is 4.27. The van der Waals surface area contributed by atoms with E-state index in [2.05, 4.69) is 21.2 Å². The van der Waals surface area contributed by atoms with Crippen molar-refractivity contribution >= 4 is 21.8 Å². The number of hydrogen-bond acceptors (Lipinski definition) is 2. The van der Waals surface area contributed by atoms with Gasteiger partial charge in [-0.2, -0.15) is 0 Å². The molecule has 5 heteroatoms. The second-order valence-electron chi connectivity index (χ2n) is 4.53. The molecule has 3 nitrogen and oxygen atoms in total. The van der Waals surface area contributed by atoms with Gasteiger partial charge in [-0.05, 0) is 41.4 Å².